The van der Waals surface area contributed by atoms with Crippen molar-refractivity contribution in [1.82, 2.24) is 0 Å². The van der Waals surface area contributed by atoms with Gasteiger partial charge in [-0.2, -0.15) is 0 Å². The van der Waals surface area contributed by atoms with E-state index in [0.29, 0.717) is 11.1 Å². The predicted octanol–water partition coefficient (Wildman–Crippen LogP) is 4.60. The van der Waals surface area contributed by atoms with Crippen LogP contribution < -0.4 is 0 Å². The molecule has 5 heteroatoms. The Kier molecular flexibility index (Phi) is 4.64. The molecule has 0 amide bonds. The van der Waals surface area contributed by atoms with E-state index >= 15 is 0 Å². The zero-order chi connectivity index (χ0) is 13.8. The monoisotopic (exact) mass is 310 g/mol. The maximum Gasteiger partial charge on any atom is 0.252 e. The zero-order valence-electron chi connectivity index (χ0n) is 9.60. The molecular weight excluding hydrogens is 303 g/mol. The Bertz CT molecular complexity index is 551. The number of halogens is 2. The molecular formula is C14H8Cl2O2S. The standard InChI is InChI=1S/C14H8Cl2O2S/c15-13(17)9-1-5-11(6-2-9)19-12-7-3-10(4-8-12)14(16)18/h1-8H. The number of benzene rings is 2. The van der Waals surface area contributed by atoms with Gasteiger partial charge < -0.3 is 0 Å². The van der Waals surface area contributed by atoms with E-state index in [-0.39, 0.29) is 0 Å². The van der Waals surface area contributed by atoms with Crippen molar-refractivity contribution < 1.29 is 9.59 Å². The molecule has 2 nitrogen and oxygen atoms in total. The third kappa shape index (κ3) is 3.83. The summed E-state index contributed by atoms with van der Waals surface area (Å²) in [7, 11) is 0. The first-order chi connectivity index (χ1) is 9.06. The summed E-state index contributed by atoms with van der Waals surface area (Å²) in [5, 5.41) is -0.942. The van der Waals surface area contributed by atoms with Crippen LogP contribution in [-0.2, 0) is 0 Å². The van der Waals surface area contributed by atoms with Crippen molar-refractivity contribution in [3.05, 3.63) is 59.7 Å². The summed E-state index contributed by atoms with van der Waals surface area (Å²) < 4.78 is 0. The molecule has 0 saturated heterocycles. The third-order valence-corrected chi connectivity index (χ3v) is 3.85. The first kappa shape index (κ1) is 14.1. The Morgan fingerprint density at radius 1 is 0.684 bits per heavy atom. The smallest absolute Gasteiger partial charge is 0.252 e. The highest BCUT2D eigenvalue weighted by molar-refractivity contribution is 7.99. The van der Waals surface area contributed by atoms with E-state index in [1.165, 1.54) is 11.8 Å². The van der Waals surface area contributed by atoms with E-state index in [9.17, 15) is 9.59 Å². The highest BCUT2D eigenvalue weighted by atomic mass is 35.5. The summed E-state index contributed by atoms with van der Waals surface area (Å²) in [6.07, 6.45) is 0. The molecule has 0 atom stereocenters. The summed E-state index contributed by atoms with van der Waals surface area (Å²) >= 11 is 12.3. The fourth-order valence-electron chi connectivity index (χ4n) is 1.44. The molecule has 2 rings (SSSR count). The van der Waals surface area contributed by atoms with Crippen molar-refractivity contribution >= 4 is 45.4 Å². The number of carbonyl (C=O) groups excluding carboxylic acids is 2. The molecule has 19 heavy (non-hydrogen) atoms. The van der Waals surface area contributed by atoms with Crippen LogP contribution in [0.25, 0.3) is 0 Å². The highest BCUT2D eigenvalue weighted by Crippen LogP contribution is 2.28. The molecule has 0 aromatic heterocycles. The summed E-state index contributed by atoms with van der Waals surface area (Å²) in [5.41, 5.74) is 0.934. The molecule has 0 bridgehead atoms. The summed E-state index contributed by atoms with van der Waals surface area (Å²) in [6.45, 7) is 0. The van der Waals surface area contributed by atoms with E-state index in [1.807, 2.05) is 24.3 Å². The van der Waals surface area contributed by atoms with Crippen LogP contribution >= 0.6 is 35.0 Å². The van der Waals surface area contributed by atoms with Gasteiger partial charge in [0.05, 0.1) is 0 Å². The summed E-state index contributed by atoms with van der Waals surface area (Å²) in [4.78, 5) is 23.8. The molecule has 0 aliphatic heterocycles. The van der Waals surface area contributed by atoms with Crippen LogP contribution in [0.2, 0.25) is 0 Å². The maximum atomic E-state index is 10.9. The van der Waals surface area contributed by atoms with Crippen LogP contribution in [0.5, 0.6) is 0 Å². The van der Waals surface area contributed by atoms with Crippen LogP contribution in [0.15, 0.2) is 58.3 Å². The maximum absolute atomic E-state index is 10.9. The Hall–Kier alpha value is -1.29. The van der Waals surface area contributed by atoms with Crippen molar-refractivity contribution in [2.75, 3.05) is 0 Å². The first-order valence-electron chi connectivity index (χ1n) is 5.34. The van der Waals surface area contributed by atoms with Crippen LogP contribution in [0.3, 0.4) is 0 Å². The van der Waals surface area contributed by atoms with E-state index < -0.39 is 10.5 Å². The summed E-state index contributed by atoms with van der Waals surface area (Å²) in [5.74, 6) is 0. The van der Waals surface area contributed by atoms with Crippen molar-refractivity contribution in [3.63, 3.8) is 0 Å². The average Bonchev–Trinajstić information content (AvgIpc) is 2.40. The van der Waals surface area contributed by atoms with Gasteiger partial charge in [0.1, 0.15) is 0 Å². The third-order valence-electron chi connectivity index (χ3n) is 2.40. The second-order valence-electron chi connectivity index (χ2n) is 3.70. The molecule has 0 radical (unpaired) electrons. The summed E-state index contributed by atoms with van der Waals surface area (Å²) in [6, 6.07) is 14.0. The van der Waals surface area contributed by atoms with E-state index in [1.54, 1.807) is 24.3 Å². The molecule has 0 heterocycles. The van der Waals surface area contributed by atoms with Gasteiger partial charge in [-0.15, -0.1) is 0 Å². The van der Waals surface area contributed by atoms with Crippen LogP contribution in [0.1, 0.15) is 20.7 Å². The van der Waals surface area contributed by atoms with Gasteiger partial charge in [-0.3, -0.25) is 9.59 Å². The van der Waals surface area contributed by atoms with Gasteiger partial charge in [0.2, 0.25) is 0 Å². The molecule has 2 aromatic carbocycles. The molecule has 0 aliphatic carbocycles. The molecule has 0 aliphatic rings. The Balaban J connectivity index is 2.12. The van der Waals surface area contributed by atoms with Crippen molar-refractivity contribution in [2.45, 2.75) is 9.79 Å². The van der Waals surface area contributed by atoms with E-state index in [4.69, 9.17) is 23.2 Å². The van der Waals surface area contributed by atoms with Crippen molar-refractivity contribution in [2.24, 2.45) is 0 Å². The Morgan fingerprint density at radius 2 is 1.00 bits per heavy atom. The predicted molar refractivity (Wildman–Crippen MR) is 77.4 cm³/mol. The normalized spacial score (nSPS) is 10.2. The van der Waals surface area contributed by atoms with Gasteiger partial charge >= 0.3 is 0 Å². The lowest BCUT2D eigenvalue weighted by Gasteiger charge is -2.03. The number of carbonyl (C=O) groups is 2. The van der Waals surface area contributed by atoms with Gasteiger partial charge in [0.25, 0.3) is 10.5 Å². The van der Waals surface area contributed by atoms with Crippen LogP contribution in [0.4, 0.5) is 0 Å². The molecule has 0 spiro atoms. The fraction of sp³-hybridized carbons (Fsp3) is 0. The minimum Gasteiger partial charge on any atom is -0.276 e. The number of rotatable bonds is 4. The Labute approximate surface area is 124 Å². The van der Waals surface area contributed by atoms with Gasteiger partial charge in [0, 0.05) is 20.9 Å². The SMILES string of the molecule is O=C(Cl)c1ccc(Sc2ccc(C(=O)Cl)cc2)cc1. The minimum atomic E-state index is -0.471. The van der Waals surface area contributed by atoms with Crippen LogP contribution in [0, 0.1) is 0 Å². The van der Waals surface area contributed by atoms with Gasteiger partial charge in [-0.05, 0) is 71.7 Å². The number of hydrogen-bond donors (Lipinski definition) is 0. The second-order valence-corrected chi connectivity index (χ2v) is 5.53. The molecule has 96 valence electrons. The molecule has 0 saturated carbocycles. The molecule has 2 aromatic rings. The fourth-order valence-corrected chi connectivity index (χ4v) is 2.51. The molecule has 0 unspecified atom stereocenters. The molecule has 0 fully saturated rings. The van der Waals surface area contributed by atoms with Gasteiger partial charge in [0.15, 0.2) is 0 Å². The second kappa shape index (κ2) is 6.24. The van der Waals surface area contributed by atoms with E-state index in [2.05, 4.69) is 0 Å². The lowest BCUT2D eigenvalue weighted by Crippen LogP contribution is -1.88. The largest absolute Gasteiger partial charge is 0.276 e. The van der Waals surface area contributed by atoms with Crippen molar-refractivity contribution in [3.8, 4) is 0 Å². The van der Waals surface area contributed by atoms with E-state index in [0.717, 1.165) is 9.79 Å². The average molecular weight is 311 g/mol. The topological polar surface area (TPSA) is 34.1 Å². The minimum absolute atomic E-state index is 0.467. The Morgan fingerprint density at radius 3 is 1.26 bits per heavy atom. The van der Waals surface area contributed by atoms with Gasteiger partial charge in [-0.1, -0.05) is 11.8 Å². The highest BCUT2D eigenvalue weighted by Gasteiger charge is 2.04. The number of hydrogen-bond acceptors (Lipinski definition) is 3. The lowest BCUT2D eigenvalue weighted by molar-refractivity contribution is 0.107. The zero-order valence-corrected chi connectivity index (χ0v) is 11.9. The van der Waals surface area contributed by atoms with Gasteiger partial charge in [-0.25, -0.2) is 0 Å². The van der Waals surface area contributed by atoms with Crippen LogP contribution in [-0.4, -0.2) is 10.5 Å². The molecule has 0 N–H and O–H groups in total. The van der Waals surface area contributed by atoms with Crippen molar-refractivity contribution in [1.29, 1.82) is 0 Å². The lowest BCUT2D eigenvalue weighted by atomic mass is 10.2. The first-order valence-corrected chi connectivity index (χ1v) is 6.91. The quantitative estimate of drug-likeness (QED) is 0.774.